The fourth-order valence-electron chi connectivity index (χ4n) is 5.24. The molecule has 0 amide bonds. The SMILES string of the molecule is CC(C)([B]P(I)CCCO)C1CC(C(C)(C)P(I)[B]CCCO)CC(C(C)(C)P(I)[B]CCCO)C1. The van der Waals surface area contributed by atoms with E-state index < -0.39 is 0 Å². The number of hydrogen-bond donors (Lipinski definition) is 3. The van der Waals surface area contributed by atoms with Crippen molar-refractivity contribution in [1.82, 2.24) is 0 Å². The maximum Gasteiger partial charge on any atom is 0.166 e. The van der Waals surface area contributed by atoms with Gasteiger partial charge in [0.1, 0.15) is 0 Å². The lowest BCUT2D eigenvalue weighted by molar-refractivity contribution is 0.125. The Morgan fingerprint density at radius 1 is 0.667 bits per heavy atom. The lowest BCUT2D eigenvalue weighted by Crippen LogP contribution is -2.44. The van der Waals surface area contributed by atoms with Crippen molar-refractivity contribution in [2.45, 2.75) is 108 Å². The first-order valence-electron chi connectivity index (χ1n) is 13.4. The summed E-state index contributed by atoms with van der Waals surface area (Å²) in [7, 11) is 0. The van der Waals surface area contributed by atoms with Crippen molar-refractivity contribution < 1.29 is 15.3 Å². The van der Waals surface area contributed by atoms with Crippen LogP contribution in [0.1, 0.15) is 80.1 Å². The Labute approximate surface area is 268 Å². The first-order chi connectivity index (χ1) is 16.7. The zero-order valence-electron chi connectivity index (χ0n) is 23.3. The van der Waals surface area contributed by atoms with E-state index in [1.807, 2.05) is 0 Å². The third kappa shape index (κ3) is 12.0. The van der Waals surface area contributed by atoms with E-state index in [-0.39, 0.29) is 45.2 Å². The molecule has 1 aliphatic rings. The lowest BCUT2D eigenvalue weighted by atomic mass is 9.54. The highest BCUT2D eigenvalue weighted by atomic mass is 127. The number of hydrogen-bond acceptors (Lipinski definition) is 3. The highest BCUT2D eigenvalue weighted by molar-refractivity contribution is 14.2. The van der Waals surface area contributed by atoms with Crippen molar-refractivity contribution in [2.75, 3.05) is 26.0 Å². The molecule has 1 saturated carbocycles. The zero-order chi connectivity index (χ0) is 27.6. The second-order valence-electron chi connectivity index (χ2n) is 12.0. The van der Waals surface area contributed by atoms with Gasteiger partial charge in [-0.15, -0.1) is 0 Å². The average molecular weight is 891 g/mol. The summed E-state index contributed by atoms with van der Waals surface area (Å²) in [5.41, 5.74) is -0.706. The number of halogens is 3. The molecule has 3 radical (unpaired) electrons. The smallest absolute Gasteiger partial charge is 0.166 e. The van der Waals surface area contributed by atoms with Crippen molar-refractivity contribution in [3.8, 4) is 0 Å². The third-order valence-electron chi connectivity index (χ3n) is 8.16. The molecule has 0 heterocycles. The van der Waals surface area contributed by atoms with Gasteiger partial charge in [-0.3, -0.25) is 0 Å². The standard InChI is InChI=1S/C24H48B3I3O3P3/c1-22(2,27-34(28)15-9-14-33)19-16-20(23(3,4)35(29)25-10-7-12-31)18-21(17-19)24(5,6)36(30)26-11-8-13-32/h19-21,31-33H,7-18H2,1-6H3. The molecule has 0 spiro atoms. The Bertz CT molecular complexity index is 588. The van der Waals surface area contributed by atoms with Crippen molar-refractivity contribution in [2.24, 2.45) is 17.8 Å². The molecular formula is C24H48B3I3O3P3. The molecule has 12 heteroatoms. The molecule has 5 unspecified atom stereocenters. The van der Waals surface area contributed by atoms with Crippen molar-refractivity contribution in [3.05, 3.63) is 0 Å². The van der Waals surface area contributed by atoms with E-state index in [4.69, 9.17) is 0 Å². The van der Waals surface area contributed by atoms with Gasteiger partial charge in [0.25, 0.3) is 0 Å². The van der Waals surface area contributed by atoms with E-state index in [1.54, 1.807) is 0 Å². The summed E-state index contributed by atoms with van der Waals surface area (Å²) < 4.78 is 0. The third-order valence-corrected chi connectivity index (χ3v) is 26.1. The second kappa shape index (κ2) is 18.3. The Hall–Kier alpha value is 3.55. The Balaban J connectivity index is 3.18. The first kappa shape index (κ1) is 37.6. The number of aliphatic hydroxyl groups excluding tert-OH is 3. The van der Waals surface area contributed by atoms with E-state index in [1.165, 1.54) is 19.3 Å². The largest absolute Gasteiger partial charge is 0.396 e. The summed E-state index contributed by atoms with van der Waals surface area (Å²) in [6.45, 7) is 23.6. The molecule has 3 N–H and O–H groups in total. The monoisotopic (exact) mass is 891 g/mol. The summed E-state index contributed by atoms with van der Waals surface area (Å²) in [5, 5.41) is 28.6. The van der Waals surface area contributed by atoms with Gasteiger partial charge in [0, 0.05) is 19.8 Å². The minimum Gasteiger partial charge on any atom is -0.396 e. The van der Waals surface area contributed by atoms with Gasteiger partial charge in [-0.2, -0.15) is 0 Å². The molecule has 0 aromatic carbocycles. The normalized spacial score (nSPS) is 24.2. The fourth-order valence-corrected chi connectivity index (χ4v) is 16.8. The molecule has 1 aliphatic carbocycles. The van der Waals surface area contributed by atoms with E-state index in [9.17, 15) is 15.3 Å². The van der Waals surface area contributed by atoms with Crippen LogP contribution in [-0.4, -0.2) is 72.6 Å². The van der Waals surface area contributed by atoms with Crippen molar-refractivity contribution >= 4 is 103 Å². The summed E-state index contributed by atoms with van der Waals surface area (Å²) in [6, 6.07) is 0. The van der Waals surface area contributed by atoms with E-state index in [2.05, 4.69) is 129 Å². The van der Waals surface area contributed by atoms with E-state index in [0.29, 0.717) is 24.4 Å². The van der Waals surface area contributed by atoms with Gasteiger partial charge in [-0.1, -0.05) is 142 Å². The lowest BCUT2D eigenvalue weighted by Gasteiger charge is -2.53. The van der Waals surface area contributed by atoms with Crippen LogP contribution in [0.3, 0.4) is 0 Å². The quantitative estimate of drug-likeness (QED) is 0.0558. The molecule has 0 aromatic rings. The number of aliphatic hydroxyl groups is 3. The second-order valence-corrected chi connectivity index (χ2v) is 27.7. The molecule has 207 valence electrons. The van der Waals surface area contributed by atoms with Crippen LogP contribution in [0.25, 0.3) is 0 Å². The van der Waals surface area contributed by atoms with Gasteiger partial charge >= 0.3 is 0 Å². The molecule has 0 aromatic heterocycles. The highest BCUT2D eigenvalue weighted by Gasteiger charge is 2.49. The highest BCUT2D eigenvalue weighted by Crippen LogP contribution is 2.68. The van der Waals surface area contributed by atoms with Crippen LogP contribution in [-0.2, 0) is 0 Å². The van der Waals surface area contributed by atoms with Gasteiger partial charge in [-0.25, -0.2) is 0 Å². The molecule has 0 bridgehead atoms. The maximum absolute atomic E-state index is 9.33. The van der Waals surface area contributed by atoms with Crippen molar-refractivity contribution in [1.29, 1.82) is 0 Å². The predicted molar refractivity (Wildman–Crippen MR) is 196 cm³/mol. The molecule has 36 heavy (non-hydrogen) atoms. The Morgan fingerprint density at radius 3 is 1.44 bits per heavy atom. The van der Waals surface area contributed by atoms with E-state index in [0.717, 1.165) is 38.1 Å². The summed E-state index contributed by atoms with van der Waals surface area (Å²) in [4.78, 5) is 0. The molecular weight excluding hydrogens is 842 g/mol. The average Bonchev–Trinajstić information content (AvgIpc) is 2.82. The maximum atomic E-state index is 9.33. The Kier molecular flexibility index (Phi) is 19.1. The molecule has 1 rings (SSSR count). The van der Waals surface area contributed by atoms with Gasteiger partial charge in [0.2, 0.25) is 0 Å². The fraction of sp³-hybridized carbons (Fsp3) is 1.00. The van der Waals surface area contributed by atoms with Crippen LogP contribution < -0.4 is 0 Å². The summed E-state index contributed by atoms with van der Waals surface area (Å²) >= 11 is 8.09. The summed E-state index contributed by atoms with van der Waals surface area (Å²) in [5.74, 6) is 2.05. The Morgan fingerprint density at radius 2 is 1.06 bits per heavy atom. The molecule has 1 fully saturated rings. The van der Waals surface area contributed by atoms with Gasteiger partial charge in [0.15, 0.2) is 21.0 Å². The van der Waals surface area contributed by atoms with Crippen LogP contribution in [0, 0.1) is 17.8 Å². The number of rotatable bonds is 18. The van der Waals surface area contributed by atoms with E-state index >= 15 is 0 Å². The van der Waals surface area contributed by atoms with Gasteiger partial charge < -0.3 is 15.3 Å². The molecule has 0 aliphatic heterocycles. The zero-order valence-corrected chi connectivity index (χ0v) is 32.4. The summed E-state index contributed by atoms with van der Waals surface area (Å²) in [6.07, 6.45) is 9.70. The minimum absolute atomic E-state index is 0.189. The van der Waals surface area contributed by atoms with Gasteiger partial charge in [-0.05, 0) is 72.8 Å². The van der Waals surface area contributed by atoms with Gasteiger partial charge in [0.05, 0.1) is 0 Å². The van der Waals surface area contributed by atoms with Crippen LogP contribution in [0.2, 0.25) is 18.0 Å². The first-order valence-corrected chi connectivity index (χ1v) is 26.2. The minimum atomic E-state index is -0.254. The van der Waals surface area contributed by atoms with Crippen molar-refractivity contribution in [3.63, 3.8) is 0 Å². The molecule has 5 atom stereocenters. The van der Waals surface area contributed by atoms with Crippen LogP contribution in [0.5, 0.6) is 0 Å². The van der Waals surface area contributed by atoms with Crippen LogP contribution >= 0.6 is 82.5 Å². The van der Waals surface area contributed by atoms with Crippen LogP contribution in [0.15, 0.2) is 0 Å². The topological polar surface area (TPSA) is 60.7 Å². The molecule has 3 nitrogen and oxygen atoms in total. The predicted octanol–water partition coefficient (Wildman–Crippen LogP) is 9.11. The molecule has 0 saturated heterocycles. The van der Waals surface area contributed by atoms with Crippen LogP contribution in [0.4, 0.5) is 0 Å².